The van der Waals surface area contributed by atoms with Crippen molar-refractivity contribution in [3.05, 3.63) is 153 Å². The normalized spacial score (nSPS) is 17.9. The van der Waals surface area contributed by atoms with E-state index in [1.807, 2.05) is 0 Å². The van der Waals surface area contributed by atoms with Crippen molar-refractivity contribution < 1.29 is 0 Å². The Hall–Kier alpha value is -4.24. The number of hydrogen-bond donors (Lipinski definition) is 0. The summed E-state index contributed by atoms with van der Waals surface area (Å²) < 4.78 is 0. The summed E-state index contributed by atoms with van der Waals surface area (Å²) in [5.74, 6) is 0. The van der Waals surface area contributed by atoms with Crippen molar-refractivity contribution in [2.45, 2.75) is 25.7 Å². The van der Waals surface area contributed by atoms with Gasteiger partial charge in [-0.1, -0.05) is 133 Å². The fourth-order valence-electron chi connectivity index (χ4n) is 7.17. The molecule has 0 radical (unpaired) electrons. The number of hydrogen-bond acceptors (Lipinski definition) is 2. The van der Waals surface area contributed by atoms with Gasteiger partial charge in [-0.05, 0) is 95.4 Å². The molecule has 220 valence electrons. The van der Waals surface area contributed by atoms with Crippen LogP contribution in [0.1, 0.15) is 70.2 Å². The van der Waals surface area contributed by atoms with Crippen molar-refractivity contribution in [1.29, 1.82) is 0 Å². The van der Waals surface area contributed by atoms with Crippen molar-refractivity contribution in [3.8, 4) is 0 Å². The standard InChI is InChI=1S/2C21H21N/c2*1-22-14-12-18(13-15-22)21-19-8-4-2-6-16(19)10-11-17-7-3-5-9-20(17)21/h2*2-11H,12-15H2,1H3. The molecule has 4 aromatic rings. The average Bonchev–Trinajstić information content (AvgIpc) is 3.34. The third-order valence-electron chi connectivity index (χ3n) is 9.69. The van der Waals surface area contributed by atoms with Gasteiger partial charge in [-0.2, -0.15) is 0 Å². The minimum Gasteiger partial charge on any atom is -0.306 e. The Morgan fingerprint density at radius 2 is 0.614 bits per heavy atom. The molecule has 2 fully saturated rings. The number of fused-ring (bicyclic) bond motifs is 4. The maximum Gasteiger partial charge on any atom is 0.00160 e. The second-order valence-electron chi connectivity index (χ2n) is 12.6. The molecule has 0 aromatic heterocycles. The van der Waals surface area contributed by atoms with Gasteiger partial charge in [-0.15, -0.1) is 0 Å². The quantitative estimate of drug-likeness (QED) is 0.178. The van der Waals surface area contributed by atoms with Gasteiger partial charge < -0.3 is 9.80 Å². The molecule has 0 bridgehead atoms. The van der Waals surface area contributed by atoms with E-state index in [0.29, 0.717) is 0 Å². The van der Waals surface area contributed by atoms with Crippen LogP contribution in [-0.4, -0.2) is 50.1 Å². The second-order valence-corrected chi connectivity index (χ2v) is 12.6. The zero-order valence-electron chi connectivity index (χ0n) is 26.1. The SMILES string of the molecule is CN1CCC(=C2c3ccccc3C=Cc3ccccc32)CC1.CN1CCC(=C2c3ccccc3C=Cc3ccccc32)CC1. The van der Waals surface area contributed by atoms with Crippen LogP contribution in [0.2, 0.25) is 0 Å². The zero-order chi connectivity index (χ0) is 29.9. The molecular weight excluding hydrogens is 532 g/mol. The first-order valence-electron chi connectivity index (χ1n) is 16.2. The van der Waals surface area contributed by atoms with Gasteiger partial charge >= 0.3 is 0 Å². The van der Waals surface area contributed by atoms with Crippen LogP contribution in [0.25, 0.3) is 35.5 Å². The van der Waals surface area contributed by atoms with Crippen LogP contribution in [-0.2, 0) is 0 Å². The van der Waals surface area contributed by atoms with Gasteiger partial charge in [0.1, 0.15) is 0 Å². The van der Waals surface area contributed by atoms with Crippen molar-refractivity contribution >= 4 is 35.5 Å². The van der Waals surface area contributed by atoms with E-state index in [-0.39, 0.29) is 0 Å². The molecule has 2 aliphatic heterocycles. The van der Waals surface area contributed by atoms with Crippen LogP contribution >= 0.6 is 0 Å². The summed E-state index contributed by atoms with van der Waals surface area (Å²) in [6.07, 6.45) is 13.7. The van der Waals surface area contributed by atoms with Crippen LogP contribution in [0.15, 0.2) is 108 Å². The van der Waals surface area contributed by atoms with Crippen LogP contribution in [0.4, 0.5) is 0 Å². The monoisotopic (exact) mass is 574 g/mol. The Kier molecular flexibility index (Phi) is 8.29. The van der Waals surface area contributed by atoms with Gasteiger partial charge in [0.15, 0.2) is 0 Å². The lowest BCUT2D eigenvalue weighted by molar-refractivity contribution is 0.313. The van der Waals surface area contributed by atoms with Gasteiger partial charge in [0.25, 0.3) is 0 Å². The summed E-state index contributed by atoms with van der Waals surface area (Å²) in [4.78, 5) is 4.85. The van der Waals surface area contributed by atoms with Crippen molar-refractivity contribution in [3.63, 3.8) is 0 Å². The predicted octanol–water partition coefficient (Wildman–Crippen LogP) is 9.40. The maximum absolute atomic E-state index is 2.43. The molecule has 2 aliphatic carbocycles. The lowest BCUT2D eigenvalue weighted by Crippen LogP contribution is -2.27. The van der Waals surface area contributed by atoms with E-state index in [1.165, 1.54) is 81.3 Å². The zero-order valence-corrected chi connectivity index (χ0v) is 26.1. The summed E-state index contributed by atoms with van der Waals surface area (Å²) >= 11 is 0. The highest BCUT2D eigenvalue weighted by atomic mass is 15.1. The molecule has 2 nitrogen and oxygen atoms in total. The first-order valence-corrected chi connectivity index (χ1v) is 16.2. The third kappa shape index (κ3) is 5.80. The van der Waals surface area contributed by atoms with E-state index >= 15 is 0 Å². The Bertz CT molecular complexity index is 1540. The fraction of sp³-hybridized carbons (Fsp3) is 0.238. The summed E-state index contributed by atoms with van der Waals surface area (Å²) in [7, 11) is 4.44. The number of rotatable bonds is 0. The molecule has 0 atom stereocenters. The Morgan fingerprint density at radius 3 is 0.886 bits per heavy atom. The van der Waals surface area contributed by atoms with E-state index in [4.69, 9.17) is 0 Å². The van der Waals surface area contributed by atoms with Gasteiger partial charge in [-0.25, -0.2) is 0 Å². The number of likely N-dealkylation sites (tertiary alicyclic amines) is 2. The van der Waals surface area contributed by atoms with E-state index in [0.717, 1.165) is 26.2 Å². The van der Waals surface area contributed by atoms with E-state index in [9.17, 15) is 0 Å². The molecule has 2 heterocycles. The van der Waals surface area contributed by atoms with Crippen molar-refractivity contribution in [1.82, 2.24) is 9.80 Å². The number of benzene rings is 4. The minimum absolute atomic E-state index is 1.16. The minimum atomic E-state index is 1.16. The van der Waals surface area contributed by atoms with Crippen LogP contribution in [0, 0.1) is 0 Å². The highest BCUT2D eigenvalue weighted by Crippen LogP contribution is 2.40. The highest BCUT2D eigenvalue weighted by molar-refractivity contribution is 5.96. The maximum atomic E-state index is 2.43. The van der Waals surface area contributed by atoms with E-state index < -0.39 is 0 Å². The van der Waals surface area contributed by atoms with E-state index in [1.54, 1.807) is 11.1 Å². The molecule has 0 N–H and O–H groups in total. The van der Waals surface area contributed by atoms with Gasteiger partial charge in [0.2, 0.25) is 0 Å². The fourth-order valence-corrected chi connectivity index (χ4v) is 7.17. The molecule has 0 saturated carbocycles. The summed E-state index contributed by atoms with van der Waals surface area (Å²) in [5.41, 5.74) is 17.1. The van der Waals surface area contributed by atoms with Crippen molar-refractivity contribution in [2.75, 3.05) is 40.3 Å². The smallest absolute Gasteiger partial charge is 0.00160 e. The largest absolute Gasteiger partial charge is 0.306 e. The Morgan fingerprint density at radius 1 is 0.364 bits per heavy atom. The summed E-state index contributed by atoms with van der Waals surface area (Å²) in [6, 6.07) is 35.2. The Balaban J connectivity index is 0.000000142. The van der Waals surface area contributed by atoms with Gasteiger partial charge in [0, 0.05) is 26.2 Å². The molecule has 44 heavy (non-hydrogen) atoms. The van der Waals surface area contributed by atoms with Gasteiger partial charge in [-0.3, -0.25) is 0 Å². The predicted molar refractivity (Wildman–Crippen MR) is 189 cm³/mol. The molecule has 8 rings (SSSR count). The molecule has 4 aliphatic rings. The van der Waals surface area contributed by atoms with Crippen LogP contribution < -0.4 is 0 Å². The van der Waals surface area contributed by atoms with Crippen LogP contribution in [0.5, 0.6) is 0 Å². The lowest BCUT2D eigenvalue weighted by atomic mass is 9.86. The average molecular weight is 575 g/mol. The first-order chi connectivity index (χ1) is 21.7. The molecule has 0 amide bonds. The molecule has 0 spiro atoms. The van der Waals surface area contributed by atoms with Gasteiger partial charge in [0.05, 0.1) is 0 Å². The van der Waals surface area contributed by atoms with Crippen LogP contribution in [0.3, 0.4) is 0 Å². The molecule has 2 heteroatoms. The lowest BCUT2D eigenvalue weighted by Gasteiger charge is -2.27. The molecule has 2 saturated heterocycles. The topological polar surface area (TPSA) is 6.48 Å². The van der Waals surface area contributed by atoms with Crippen molar-refractivity contribution in [2.24, 2.45) is 0 Å². The number of nitrogens with zero attached hydrogens (tertiary/aromatic N) is 2. The first kappa shape index (κ1) is 28.5. The highest BCUT2D eigenvalue weighted by Gasteiger charge is 2.22. The Labute approximate surface area is 263 Å². The summed E-state index contributed by atoms with van der Waals surface area (Å²) in [5, 5.41) is 0. The third-order valence-corrected chi connectivity index (χ3v) is 9.69. The molecule has 0 unspecified atom stereocenters. The van der Waals surface area contributed by atoms with E-state index in [2.05, 4.69) is 145 Å². The second kappa shape index (κ2) is 12.8. The summed E-state index contributed by atoms with van der Waals surface area (Å²) in [6.45, 7) is 4.65. The molecule has 4 aromatic carbocycles. The number of piperidine rings is 2. The molecular formula is C42H42N2.